The highest BCUT2D eigenvalue weighted by atomic mass is 19.4. The van der Waals surface area contributed by atoms with Gasteiger partial charge in [-0.15, -0.1) is 13.2 Å². The minimum Gasteiger partial charge on any atom is -0.406 e. The Morgan fingerprint density at radius 1 is 1.17 bits per heavy atom. The summed E-state index contributed by atoms with van der Waals surface area (Å²) < 4.78 is 41.6. The van der Waals surface area contributed by atoms with Gasteiger partial charge < -0.3 is 25.0 Å². The highest BCUT2D eigenvalue weighted by Crippen LogP contribution is 2.42. The van der Waals surface area contributed by atoms with E-state index in [1.807, 2.05) is 13.8 Å². The van der Waals surface area contributed by atoms with Crippen molar-refractivity contribution in [3.05, 3.63) is 47.4 Å². The smallest absolute Gasteiger partial charge is 0.406 e. The van der Waals surface area contributed by atoms with Gasteiger partial charge in [0.05, 0.1) is 17.7 Å². The number of anilines is 1. The minimum atomic E-state index is -4.77. The number of carbonyl (C=O) groups excluding carboxylic acids is 1. The third kappa shape index (κ3) is 5.89. The Morgan fingerprint density at radius 3 is 2.44 bits per heavy atom. The van der Waals surface area contributed by atoms with E-state index in [0.29, 0.717) is 50.4 Å². The van der Waals surface area contributed by atoms with Crippen LogP contribution in [0, 0.1) is 0 Å². The molecule has 1 aromatic heterocycles. The second-order valence-corrected chi connectivity index (χ2v) is 9.69. The Morgan fingerprint density at radius 2 is 1.83 bits per heavy atom. The summed E-state index contributed by atoms with van der Waals surface area (Å²) in [5, 5.41) is 13.6. The molecule has 1 saturated heterocycles. The van der Waals surface area contributed by atoms with Gasteiger partial charge in [0.1, 0.15) is 17.9 Å². The third-order valence-corrected chi connectivity index (χ3v) is 6.71. The zero-order valence-electron chi connectivity index (χ0n) is 20.6. The first-order chi connectivity index (χ1) is 17.0. The third-order valence-electron chi connectivity index (χ3n) is 6.71. The number of aliphatic hydroxyl groups excluding tert-OH is 1. The molecule has 0 bridgehead atoms. The van der Waals surface area contributed by atoms with E-state index in [4.69, 9.17) is 0 Å². The van der Waals surface area contributed by atoms with Gasteiger partial charge in [-0.3, -0.25) is 4.79 Å². The molecule has 0 radical (unpaired) electrons. The summed E-state index contributed by atoms with van der Waals surface area (Å²) in [7, 11) is 0. The summed E-state index contributed by atoms with van der Waals surface area (Å²) in [4.78, 5) is 26.2. The summed E-state index contributed by atoms with van der Waals surface area (Å²) in [6.45, 7) is 8.51. The van der Waals surface area contributed by atoms with Gasteiger partial charge in [-0.05, 0) is 30.0 Å². The van der Waals surface area contributed by atoms with Gasteiger partial charge >= 0.3 is 6.36 Å². The number of aromatic nitrogens is 2. The van der Waals surface area contributed by atoms with Crippen molar-refractivity contribution in [2.75, 3.05) is 37.6 Å². The highest BCUT2D eigenvalue weighted by molar-refractivity contribution is 5.84. The molecular weight excluding hydrogens is 475 g/mol. The van der Waals surface area contributed by atoms with E-state index in [9.17, 15) is 23.1 Å². The number of nitrogens with zero attached hydrogens (tertiary/aromatic N) is 4. The molecule has 8 nitrogen and oxygen atoms in total. The molecule has 196 valence electrons. The van der Waals surface area contributed by atoms with Crippen LogP contribution in [0.2, 0.25) is 0 Å². The molecule has 2 N–H and O–H groups in total. The maximum atomic E-state index is 13.5. The van der Waals surface area contributed by atoms with Gasteiger partial charge in [-0.2, -0.15) is 0 Å². The van der Waals surface area contributed by atoms with Crippen LogP contribution in [0.15, 0.2) is 30.6 Å². The van der Waals surface area contributed by atoms with Crippen molar-refractivity contribution >= 4 is 11.7 Å². The number of hydrogen-bond acceptors (Lipinski definition) is 7. The lowest BCUT2D eigenvalue weighted by Gasteiger charge is -2.38. The van der Waals surface area contributed by atoms with Crippen molar-refractivity contribution < 1.29 is 27.8 Å². The molecule has 1 fully saturated rings. The maximum Gasteiger partial charge on any atom is 0.573 e. The Hall–Kier alpha value is -2.92. The van der Waals surface area contributed by atoms with E-state index in [2.05, 4.69) is 31.8 Å². The molecule has 0 spiro atoms. The molecular formula is C25H32F3N5O3. The summed E-state index contributed by atoms with van der Waals surface area (Å²) >= 11 is 0. The van der Waals surface area contributed by atoms with Crippen LogP contribution in [0.4, 0.5) is 19.0 Å². The molecule has 1 unspecified atom stereocenters. The number of aliphatic hydroxyl groups is 1. The number of carbonyl (C=O) groups is 1. The maximum absolute atomic E-state index is 13.5. The number of ether oxygens (including phenoxy) is 1. The molecule has 1 aliphatic carbocycles. The monoisotopic (exact) mass is 507 g/mol. The number of halogens is 3. The highest BCUT2D eigenvalue weighted by Gasteiger charge is 2.35. The zero-order valence-corrected chi connectivity index (χ0v) is 20.6. The van der Waals surface area contributed by atoms with Crippen molar-refractivity contribution in [1.82, 2.24) is 20.2 Å². The van der Waals surface area contributed by atoms with Crippen LogP contribution in [-0.4, -0.2) is 71.0 Å². The predicted octanol–water partition coefficient (Wildman–Crippen LogP) is 3.35. The first kappa shape index (κ1) is 26.2. The number of amides is 1. The molecule has 1 aliphatic heterocycles. The second-order valence-electron chi connectivity index (χ2n) is 9.69. The number of rotatable bonds is 7. The summed E-state index contributed by atoms with van der Waals surface area (Å²) in [6.07, 6.45) is -3.25. The van der Waals surface area contributed by atoms with Crippen LogP contribution in [0.5, 0.6) is 5.75 Å². The van der Waals surface area contributed by atoms with E-state index in [1.54, 1.807) is 4.90 Å². The van der Waals surface area contributed by atoms with E-state index in [1.165, 1.54) is 30.6 Å². The van der Waals surface area contributed by atoms with E-state index >= 15 is 0 Å². The number of piperazine rings is 1. The summed E-state index contributed by atoms with van der Waals surface area (Å²) in [6, 6.07) is 5.64. The Labute approximate surface area is 208 Å². The Balaban J connectivity index is 1.46. The molecule has 1 amide bonds. The lowest BCUT2D eigenvalue weighted by molar-refractivity contribution is -0.274. The normalized spacial score (nSPS) is 21.0. The van der Waals surface area contributed by atoms with Crippen LogP contribution < -0.4 is 15.0 Å². The van der Waals surface area contributed by atoms with Crippen LogP contribution in [-0.2, 0) is 4.79 Å². The molecule has 4 rings (SSSR count). The molecule has 2 aromatic rings. The Bertz CT molecular complexity index is 1060. The number of nitrogens with one attached hydrogen (secondary N) is 1. The van der Waals surface area contributed by atoms with E-state index in [0.717, 1.165) is 11.4 Å². The average Bonchev–Trinajstić information content (AvgIpc) is 3.12. The van der Waals surface area contributed by atoms with Crippen molar-refractivity contribution in [1.29, 1.82) is 0 Å². The van der Waals surface area contributed by atoms with Gasteiger partial charge in [0.15, 0.2) is 0 Å². The van der Waals surface area contributed by atoms with Crippen LogP contribution in [0.1, 0.15) is 62.0 Å². The lowest BCUT2D eigenvalue weighted by atomic mass is 9.96. The second kappa shape index (κ2) is 10.6. The standard InChI is InChI=1S/C25H32F3N5O3/c1-15(2)29-13-19(17-4-6-18(7-5-17)36-25(26,27)28)24(35)33-10-8-32(9-11-33)23-21-16(3)12-20(34)22(21)30-14-31-23/h4-7,14-16,19-20,29,34H,8-13H2,1-3H3/t16-,19?,20-/m1/s1. The van der Waals surface area contributed by atoms with Crippen molar-refractivity contribution in [3.63, 3.8) is 0 Å². The average molecular weight is 508 g/mol. The van der Waals surface area contributed by atoms with Crippen LogP contribution in [0.3, 0.4) is 0 Å². The molecule has 2 heterocycles. The zero-order chi connectivity index (χ0) is 26.0. The lowest BCUT2D eigenvalue weighted by Crippen LogP contribution is -2.51. The molecule has 1 aromatic carbocycles. The van der Waals surface area contributed by atoms with Crippen molar-refractivity contribution in [2.45, 2.75) is 57.5 Å². The fraction of sp³-hybridized carbons (Fsp3) is 0.560. The SMILES string of the molecule is CC(C)NCC(C(=O)N1CCN(c2ncnc3c2[C@H](C)C[C@H]3O)CC1)c1ccc(OC(F)(F)F)cc1. The van der Waals surface area contributed by atoms with Crippen molar-refractivity contribution in [2.24, 2.45) is 0 Å². The number of hydrogen-bond donors (Lipinski definition) is 2. The van der Waals surface area contributed by atoms with Gasteiger partial charge in [0.2, 0.25) is 5.91 Å². The van der Waals surface area contributed by atoms with E-state index in [-0.39, 0.29) is 23.6 Å². The van der Waals surface area contributed by atoms with Gasteiger partial charge in [0, 0.05) is 44.3 Å². The van der Waals surface area contributed by atoms with Crippen molar-refractivity contribution in [3.8, 4) is 5.75 Å². The minimum absolute atomic E-state index is 0.0796. The molecule has 3 atom stereocenters. The molecule has 36 heavy (non-hydrogen) atoms. The van der Waals surface area contributed by atoms with Gasteiger partial charge in [0.25, 0.3) is 0 Å². The largest absolute Gasteiger partial charge is 0.573 e. The quantitative estimate of drug-likeness (QED) is 0.594. The van der Waals surface area contributed by atoms with Gasteiger partial charge in [-0.25, -0.2) is 9.97 Å². The number of alkyl halides is 3. The Kier molecular flexibility index (Phi) is 7.70. The predicted molar refractivity (Wildman–Crippen MR) is 128 cm³/mol. The van der Waals surface area contributed by atoms with Gasteiger partial charge in [-0.1, -0.05) is 32.9 Å². The number of benzene rings is 1. The fourth-order valence-corrected chi connectivity index (χ4v) is 4.92. The van der Waals surface area contributed by atoms with Crippen LogP contribution >= 0.6 is 0 Å². The summed E-state index contributed by atoms with van der Waals surface area (Å²) in [5.74, 6) is 0.0250. The molecule has 11 heteroatoms. The van der Waals surface area contributed by atoms with E-state index < -0.39 is 18.4 Å². The van der Waals surface area contributed by atoms with Crippen LogP contribution in [0.25, 0.3) is 0 Å². The topological polar surface area (TPSA) is 90.8 Å². The summed E-state index contributed by atoms with van der Waals surface area (Å²) in [5.41, 5.74) is 2.29. The fourth-order valence-electron chi connectivity index (χ4n) is 4.92. The number of fused-ring (bicyclic) bond motifs is 1. The first-order valence-electron chi connectivity index (χ1n) is 12.2. The first-order valence-corrected chi connectivity index (χ1v) is 12.2. The molecule has 2 aliphatic rings. The molecule has 0 saturated carbocycles.